The molecule has 0 aliphatic rings. The maximum atomic E-state index is 11.1. The molecule has 0 aromatic rings. The zero-order valence-corrected chi connectivity index (χ0v) is 7.91. The summed E-state index contributed by atoms with van der Waals surface area (Å²) in [4.78, 5) is 15.8. The van der Waals surface area contributed by atoms with E-state index in [1.165, 1.54) is 12.2 Å². The van der Waals surface area contributed by atoms with Crippen molar-refractivity contribution < 1.29 is 14.7 Å². The molecule has 12 heavy (non-hydrogen) atoms. The van der Waals surface area contributed by atoms with Crippen LogP contribution in [0.25, 0.3) is 0 Å². The Bertz CT molecular complexity index is 136. The lowest BCUT2D eigenvalue weighted by Gasteiger charge is -2.13. The first-order chi connectivity index (χ1) is 5.57. The third-order valence-corrected chi connectivity index (χ3v) is 1.64. The first-order valence-corrected chi connectivity index (χ1v) is 4.06. The molecule has 4 nitrogen and oxygen atoms in total. The lowest BCUT2D eigenvalue weighted by molar-refractivity contribution is -0.168. The maximum Gasteiger partial charge on any atom is 0.245 e. The number of nitrogens with zero attached hydrogens (tertiary/aromatic N) is 1. The quantitative estimate of drug-likeness (QED) is 0.621. The summed E-state index contributed by atoms with van der Waals surface area (Å²) in [5, 5.41) is 10.1. The number of carbonyl (C=O) groups is 1. The molecule has 0 aliphatic carbocycles. The van der Waals surface area contributed by atoms with E-state index in [1.807, 2.05) is 0 Å². The van der Waals surface area contributed by atoms with Gasteiger partial charge in [0.05, 0.1) is 13.2 Å². The van der Waals surface area contributed by atoms with E-state index in [-0.39, 0.29) is 12.0 Å². The van der Waals surface area contributed by atoms with Gasteiger partial charge in [-0.1, -0.05) is 0 Å². The van der Waals surface area contributed by atoms with Crippen LogP contribution in [0.2, 0.25) is 0 Å². The number of hydrogen-bond donors (Lipinski definition) is 1. The fraction of sp³-hybridized carbons (Fsp3) is 0.875. The molecule has 0 aromatic carbocycles. The molecule has 0 aliphatic heterocycles. The van der Waals surface area contributed by atoms with E-state index in [9.17, 15) is 4.79 Å². The third kappa shape index (κ3) is 5.09. The summed E-state index contributed by atoms with van der Waals surface area (Å²) in [6.45, 7) is 1.71. The minimum absolute atomic E-state index is 0.0573. The van der Waals surface area contributed by atoms with Crippen molar-refractivity contribution in [1.82, 2.24) is 5.06 Å². The van der Waals surface area contributed by atoms with E-state index >= 15 is 0 Å². The molecular formula is C8H17NO3. The van der Waals surface area contributed by atoms with Gasteiger partial charge in [0.2, 0.25) is 5.91 Å². The summed E-state index contributed by atoms with van der Waals surface area (Å²) in [5.41, 5.74) is 0. The van der Waals surface area contributed by atoms with Gasteiger partial charge in [0, 0.05) is 13.5 Å². The van der Waals surface area contributed by atoms with Gasteiger partial charge in [-0.15, -0.1) is 0 Å². The Labute approximate surface area is 73.1 Å². The van der Waals surface area contributed by atoms with Crippen LogP contribution in [0.3, 0.4) is 0 Å². The van der Waals surface area contributed by atoms with Gasteiger partial charge in [-0.3, -0.25) is 9.63 Å². The predicted molar refractivity (Wildman–Crippen MR) is 45.3 cm³/mol. The average Bonchev–Trinajstić information content (AvgIpc) is 2.02. The minimum Gasteiger partial charge on any atom is -0.393 e. The van der Waals surface area contributed by atoms with Gasteiger partial charge < -0.3 is 5.11 Å². The summed E-state index contributed by atoms with van der Waals surface area (Å²) in [6.07, 6.45) is 1.45. The summed E-state index contributed by atoms with van der Waals surface area (Å²) in [5.74, 6) is -0.0573. The summed E-state index contributed by atoms with van der Waals surface area (Å²) in [6, 6.07) is 0. The van der Waals surface area contributed by atoms with Gasteiger partial charge in [-0.05, 0) is 19.8 Å². The Kier molecular flexibility index (Phi) is 5.66. The molecule has 1 atom stereocenters. The number of aliphatic hydroxyl groups excluding tert-OH is 1. The van der Waals surface area contributed by atoms with Crippen LogP contribution in [-0.2, 0) is 9.63 Å². The molecule has 0 aromatic heterocycles. The highest BCUT2D eigenvalue weighted by atomic mass is 16.7. The van der Waals surface area contributed by atoms with Crippen molar-refractivity contribution >= 4 is 5.91 Å². The Hall–Kier alpha value is -0.610. The smallest absolute Gasteiger partial charge is 0.245 e. The Balaban J connectivity index is 3.44. The van der Waals surface area contributed by atoms with Crippen molar-refractivity contribution in [1.29, 1.82) is 0 Å². The first kappa shape index (κ1) is 11.4. The molecule has 1 amide bonds. The van der Waals surface area contributed by atoms with Gasteiger partial charge in [-0.25, -0.2) is 5.06 Å². The topological polar surface area (TPSA) is 49.8 Å². The lowest BCUT2D eigenvalue weighted by Crippen LogP contribution is -2.25. The van der Waals surface area contributed by atoms with Crippen molar-refractivity contribution in [3.63, 3.8) is 0 Å². The van der Waals surface area contributed by atoms with Gasteiger partial charge in [0.15, 0.2) is 0 Å². The number of hydrogen-bond acceptors (Lipinski definition) is 3. The van der Waals surface area contributed by atoms with Crippen LogP contribution >= 0.6 is 0 Å². The van der Waals surface area contributed by atoms with Gasteiger partial charge >= 0.3 is 0 Å². The van der Waals surface area contributed by atoms with Crippen molar-refractivity contribution in [2.75, 3.05) is 14.2 Å². The monoisotopic (exact) mass is 175 g/mol. The van der Waals surface area contributed by atoms with Crippen LogP contribution in [0.5, 0.6) is 0 Å². The van der Waals surface area contributed by atoms with Crippen molar-refractivity contribution in [2.45, 2.75) is 32.3 Å². The van der Waals surface area contributed by atoms with E-state index in [2.05, 4.69) is 0 Å². The second-order valence-electron chi connectivity index (χ2n) is 2.82. The third-order valence-electron chi connectivity index (χ3n) is 1.64. The number of carbonyl (C=O) groups excluding carboxylic acids is 1. The molecule has 0 spiro atoms. The number of rotatable bonds is 5. The van der Waals surface area contributed by atoms with E-state index in [0.29, 0.717) is 19.3 Å². The summed E-state index contributed by atoms with van der Waals surface area (Å²) < 4.78 is 0. The minimum atomic E-state index is -0.328. The highest BCUT2D eigenvalue weighted by molar-refractivity contribution is 5.74. The van der Waals surface area contributed by atoms with Crippen LogP contribution in [0.4, 0.5) is 0 Å². The lowest BCUT2D eigenvalue weighted by atomic mass is 10.2. The van der Waals surface area contributed by atoms with Crippen LogP contribution in [0, 0.1) is 0 Å². The molecular weight excluding hydrogens is 158 g/mol. The summed E-state index contributed by atoms with van der Waals surface area (Å²) >= 11 is 0. The molecule has 0 heterocycles. The number of aliphatic hydroxyl groups is 1. The Morgan fingerprint density at radius 3 is 2.67 bits per heavy atom. The molecule has 0 radical (unpaired) electrons. The Morgan fingerprint density at radius 1 is 1.67 bits per heavy atom. The van der Waals surface area contributed by atoms with E-state index < -0.39 is 0 Å². The number of amides is 1. The summed E-state index contributed by atoms with van der Waals surface area (Å²) in [7, 11) is 3.03. The number of hydroxylamine groups is 2. The van der Waals surface area contributed by atoms with Crippen LogP contribution in [-0.4, -0.2) is 36.3 Å². The molecule has 1 unspecified atom stereocenters. The molecule has 0 saturated carbocycles. The fourth-order valence-electron chi connectivity index (χ4n) is 0.808. The second-order valence-corrected chi connectivity index (χ2v) is 2.82. The fourth-order valence-corrected chi connectivity index (χ4v) is 0.808. The van der Waals surface area contributed by atoms with Gasteiger partial charge in [-0.2, -0.15) is 0 Å². The second kappa shape index (κ2) is 5.97. The van der Waals surface area contributed by atoms with Crippen LogP contribution in [0.1, 0.15) is 26.2 Å². The Morgan fingerprint density at radius 2 is 2.25 bits per heavy atom. The molecule has 0 bridgehead atoms. The van der Waals surface area contributed by atoms with E-state index in [1.54, 1.807) is 14.0 Å². The first-order valence-electron chi connectivity index (χ1n) is 4.06. The highest BCUT2D eigenvalue weighted by Gasteiger charge is 2.07. The van der Waals surface area contributed by atoms with Crippen molar-refractivity contribution in [2.24, 2.45) is 0 Å². The zero-order valence-electron chi connectivity index (χ0n) is 7.91. The van der Waals surface area contributed by atoms with E-state index in [0.717, 1.165) is 0 Å². The predicted octanol–water partition coefficient (Wildman–Crippen LogP) is 0.557. The molecule has 4 heteroatoms. The van der Waals surface area contributed by atoms with Gasteiger partial charge in [0.25, 0.3) is 0 Å². The standard InChI is InChI=1S/C8H17NO3/c1-7(10)5-4-6-8(11)9(2)12-3/h7,10H,4-6H2,1-3H3. The van der Waals surface area contributed by atoms with Crippen molar-refractivity contribution in [3.05, 3.63) is 0 Å². The van der Waals surface area contributed by atoms with Crippen molar-refractivity contribution in [3.8, 4) is 0 Å². The molecule has 72 valence electrons. The van der Waals surface area contributed by atoms with E-state index in [4.69, 9.17) is 9.94 Å². The van der Waals surface area contributed by atoms with Crippen LogP contribution < -0.4 is 0 Å². The van der Waals surface area contributed by atoms with Crippen LogP contribution in [0.15, 0.2) is 0 Å². The molecule has 0 fully saturated rings. The molecule has 0 saturated heterocycles. The van der Waals surface area contributed by atoms with Gasteiger partial charge in [0.1, 0.15) is 0 Å². The average molecular weight is 175 g/mol. The highest BCUT2D eigenvalue weighted by Crippen LogP contribution is 2.02. The largest absolute Gasteiger partial charge is 0.393 e. The SMILES string of the molecule is CON(C)C(=O)CCCC(C)O. The maximum absolute atomic E-state index is 11.1. The zero-order chi connectivity index (χ0) is 9.56. The molecule has 1 N–H and O–H groups in total. The normalized spacial score (nSPS) is 12.7. The molecule has 0 rings (SSSR count).